The molecule has 1 aromatic heterocycles. The van der Waals surface area contributed by atoms with Gasteiger partial charge in [0, 0.05) is 31.9 Å². The minimum absolute atomic E-state index is 0.0615. The molecule has 0 radical (unpaired) electrons. The van der Waals surface area contributed by atoms with E-state index in [0.29, 0.717) is 17.4 Å². The van der Waals surface area contributed by atoms with Gasteiger partial charge in [0.05, 0.1) is 0 Å². The lowest BCUT2D eigenvalue weighted by Gasteiger charge is -2.19. The zero-order valence-electron chi connectivity index (χ0n) is 13.5. The van der Waals surface area contributed by atoms with E-state index in [2.05, 4.69) is 38.0 Å². The standard InChI is InChI=1S/C16H27N3O/c1-11(2)7-8-19(6)16(20)13-9-14(12(3)4)18-15(10-13)17-5/h9-12H,7-8H2,1-6H3,(H,17,18). The summed E-state index contributed by atoms with van der Waals surface area (Å²) in [4.78, 5) is 18.7. The van der Waals surface area contributed by atoms with E-state index in [1.807, 2.05) is 26.2 Å². The Kier molecular flexibility index (Phi) is 5.99. The van der Waals surface area contributed by atoms with Crippen LogP contribution in [-0.2, 0) is 0 Å². The Morgan fingerprint density at radius 1 is 1.30 bits per heavy atom. The quantitative estimate of drug-likeness (QED) is 0.867. The van der Waals surface area contributed by atoms with Crippen LogP contribution in [0.3, 0.4) is 0 Å². The van der Waals surface area contributed by atoms with Gasteiger partial charge in [0.2, 0.25) is 0 Å². The van der Waals surface area contributed by atoms with E-state index >= 15 is 0 Å². The molecule has 20 heavy (non-hydrogen) atoms. The van der Waals surface area contributed by atoms with Crippen LogP contribution in [0.5, 0.6) is 0 Å². The lowest BCUT2D eigenvalue weighted by atomic mass is 10.1. The number of hydrogen-bond donors (Lipinski definition) is 1. The van der Waals surface area contributed by atoms with E-state index in [4.69, 9.17) is 0 Å². The van der Waals surface area contributed by atoms with Crippen LogP contribution in [0, 0.1) is 5.92 Å². The second-order valence-corrected chi connectivity index (χ2v) is 5.98. The molecule has 1 N–H and O–H groups in total. The van der Waals surface area contributed by atoms with Crippen molar-refractivity contribution in [3.63, 3.8) is 0 Å². The predicted molar refractivity (Wildman–Crippen MR) is 84.3 cm³/mol. The number of nitrogens with one attached hydrogen (secondary N) is 1. The molecule has 0 aliphatic carbocycles. The largest absolute Gasteiger partial charge is 0.373 e. The molecular formula is C16H27N3O. The molecule has 4 heteroatoms. The topological polar surface area (TPSA) is 45.2 Å². The molecule has 0 atom stereocenters. The third-order valence-electron chi connectivity index (χ3n) is 3.33. The Labute approximate surface area is 122 Å². The fourth-order valence-corrected chi connectivity index (χ4v) is 1.87. The van der Waals surface area contributed by atoms with Crippen molar-refractivity contribution in [3.8, 4) is 0 Å². The van der Waals surface area contributed by atoms with Crippen molar-refractivity contribution in [3.05, 3.63) is 23.4 Å². The third kappa shape index (κ3) is 4.51. The number of rotatable bonds is 6. The third-order valence-corrected chi connectivity index (χ3v) is 3.33. The fourth-order valence-electron chi connectivity index (χ4n) is 1.87. The second-order valence-electron chi connectivity index (χ2n) is 5.98. The summed E-state index contributed by atoms with van der Waals surface area (Å²) in [6.45, 7) is 9.28. The molecule has 112 valence electrons. The lowest BCUT2D eigenvalue weighted by Crippen LogP contribution is -2.28. The average molecular weight is 277 g/mol. The SMILES string of the molecule is CNc1cc(C(=O)N(C)CCC(C)C)cc(C(C)C)n1. The van der Waals surface area contributed by atoms with Crippen LogP contribution in [0.15, 0.2) is 12.1 Å². The Morgan fingerprint density at radius 3 is 2.45 bits per heavy atom. The van der Waals surface area contributed by atoms with E-state index in [-0.39, 0.29) is 5.91 Å². The maximum absolute atomic E-state index is 12.5. The minimum atomic E-state index is 0.0615. The Balaban J connectivity index is 2.93. The van der Waals surface area contributed by atoms with Crippen molar-refractivity contribution in [2.45, 2.75) is 40.0 Å². The molecule has 1 amide bonds. The number of pyridine rings is 1. The molecule has 4 nitrogen and oxygen atoms in total. The van der Waals surface area contributed by atoms with Crippen molar-refractivity contribution >= 4 is 11.7 Å². The van der Waals surface area contributed by atoms with E-state index in [1.54, 1.807) is 4.90 Å². The van der Waals surface area contributed by atoms with Gasteiger partial charge in [0.25, 0.3) is 5.91 Å². The highest BCUT2D eigenvalue weighted by molar-refractivity contribution is 5.94. The zero-order valence-corrected chi connectivity index (χ0v) is 13.5. The van der Waals surface area contributed by atoms with E-state index in [0.717, 1.165) is 24.5 Å². The van der Waals surface area contributed by atoms with Crippen LogP contribution in [-0.4, -0.2) is 36.4 Å². The highest BCUT2D eigenvalue weighted by atomic mass is 16.2. The zero-order chi connectivity index (χ0) is 15.3. The molecule has 0 fully saturated rings. The van der Waals surface area contributed by atoms with Gasteiger partial charge in [0.15, 0.2) is 0 Å². The van der Waals surface area contributed by atoms with Crippen LogP contribution < -0.4 is 5.32 Å². The normalized spacial score (nSPS) is 11.0. The van der Waals surface area contributed by atoms with Crippen LogP contribution in [0.1, 0.15) is 56.1 Å². The number of carbonyl (C=O) groups is 1. The van der Waals surface area contributed by atoms with E-state index in [9.17, 15) is 4.79 Å². The smallest absolute Gasteiger partial charge is 0.253 e. The number of hydrogen-bond acceptors (Lipinski definition) is 3. The number of nitrogens with zero attached hydrogens (tertiary/aromatic N) is 2. The number of carbonyl (C=O) groups excluding carboxylic acids is 1. The van der Waals surface area contributed by atoms with Crippen molar-refractivity contribution in [1.82, 2.24) is 9.88 Å². The van der Waals surface area contributed by atoms with Crippen molar-refractivity contribution < 1.29 is 4.79 Å². The van der Waals surface area contributed by atoms with E-state index < -0.39 is 0 Å². The number of amides is 1. The number of aromatic nitrogens is 1. The first-order valence-electron chi connectivity index (χ1n) is 7.30. The summed E-state index contributed by atoms with van der Waals surface area (Å²) in [5.74, 6) is 1.71. The predicted octanol–water partition coefficient (Wildman–Crippen LogP) is 3.36. The molecule has 1 rings (SSSR count). The van der Waals surface area contributed by atoms with Crippen LogP contribution >= 0.6 is 0 Å². The van der Waals surface area contributed by atoms with Crippen LogP contribution in [0.2, 0.25) is 0 Å². The van der Waals surface area contributed by atoms with Gasteiger partial charge in [-0.3, -0.25) is 4.79 Å². The molecule has 0 spiro atoms. The first kappa shape index (κ1) is 16.5. The molecule has 0 aliphatic heterocycles. The lowest BCUT2D eigenvalue weighted by molar-refractivity contribution is 0.0789. The van der Waals surface area contributed by atoms with Crippen LogP contribution in [0.4, 0.5) is 5.82 Å². The van der Waals surface area contributed by atoms with Gasteiger partial charge >= 0.3 is 0 Å². The molecule has 0 aromatic carbocycles. The molecular weight excluding hydrogens is 250 g/mol. The van der Waals surface area contributed by atoms with Crippen molar-refractivity contribution in [1.29, 1.82) is 0 Å². The Hall–Kier alpha value is -1.58. The maximum atomic E-state index is 12.5. The van der Waals surface area contributed by atoms with Crippen molar-refractivity contribution in [2.75, 3.05) is 26.0 Å². The summed E-state index contributed by atoms with van der Waals surface area (Å²) in [5, 5.41) is 3.02. The molecule has 1 heterocycles. The van der Waals surface area contributed by atoms with Gasteiger partial charge in [-0.25, -0.2) is 4.98 Å². The maximum Gasteiger partial charge on any atom is 0.253 e. The molecule has 0 aliphatic rings. The summed E-state index contributed by atoms with van der Waals surface area (Å²) in [5.41, 5.74) is 1.65. The van der Waals surface area contributed by atoms with Crippen LogP contribution in [0.25, 0.3) is 0 Å². The number of anilines is 1. The minimum Gasteiger partial charge on any atom is -0.373 e. The van der Waals surface area contributed by atoms with Crippen molar-refractivity contribution in [2.24, 2.45) is 5.92 Å². The van der Waals surface area contributed by atoms with Gasteiger partial charge in [-0.15, -0.1) is 0 Å². The summed E-state index contributed by atoms with van der Waals surface area (Å²) >= 11 is 0. The summed E-state index contributed by atoms with van der Waals surface area (Å²) in [7, 11) is 3.68. The fraction of sp³-hybridized carbons (Fsp3) is 0.625. The van der Waals surface area contributed by atoms with E-state index in [1.165, 1.54) is 0 Å². The summed E-state index contributed by atoms with van der Waals surface area (Å²) in [6, 6.07) is 3.72. The highest BCUT2D eigenvalue weighted by Crippen LogP contribution is 2.18. The second kappa shape index (κ2) is 7.27. The van der Waals surface area contributed by atoms with Gasteiger partial charge < -0.3 is 10.2 Å². The summed E-state index contributed by atoms with van der Waals surface area (Å²) < 4.78 is 0. The van der Waals surface area contributed by atoms with Gasteiger partial charge in [-0.05, 0) is 30.4 Å². The molecule has 0 saturated heterocycles. The average Bonchev–Trinajstić information content (AvgIpc) is 2.43. The first-order chi connectivity index (χ1) is 9.35. The Morgan fingerprint density at radius 2 is 1.95 bits per heavy atom. The summed E-state index contributed by atoms with van der Waals surface area (Å²) in [6.07, 6.45) is 1.02. The first-order valence-corrected chi connectivity index (χ1v) is 7.30. The molecule has 0 saturated carbocycles. The monoisotopic (exact) mass is 277 g/mol. The highest BCUT2D eigenvalue weighted by Gasteiger charge is 2.15. The van der Waals surface area contributed by atoms with Gasteiger partial charge in [-0.2, -0.15) is 0 Å². The van der Waals surface area contributed by atoms with Gasteiger partial charge in [0.1, 0.15) is 5.82 Å². The Bertz CT molecular complexity index is 455. The molecule has 0 bridgehead atoms. The molecule has 0 unspecified atom stereocenters. The van der Waals surface area contributed by atoms with Gasteiger partial charge in [-0.1, -0.05) is 27.7 Å². The molecule has 1 aromatic rings.